The van der Waals surface area contributed by atoms with Crippen molar-refractivity contribution in [2.75, 3.05) is 132 Å². The molecule has 0 aliphatic carbocycles. The van der Waals surface area contributed by atoms with Crippen LogP contribution in [-0.4, -0.2) is 167 Å². The molecule has 18 heteroatoms. The lowest BCUT2D eigenvalue weighted by Crippen LogP contribution is -2.31. The van der Waals surface area contributed by atoms with Crippen molar-refractivity contribution in [2.24, 2.45) is 0 Å². The van der Waals surface area contributed by atoms with Gasteiger partial charge in [0.15, 0.2) is 0 Å². The van der Waals surface area contributed by atoms with Gasteiger partial charge in [0.05, 0.1) is 105 Å². The molecule has 1 heterocycles. The van der Waals surface area contributed by atoms with E-state index < -0.39 is 15.8 Å². The van der Waals surface area contributed by atoms with Crippen molar-refractivity contribution in [3.05, 3.63) is 18.0 Å². The Balaban J connectivity index is 1.75. The molecule has 0 saturated heterocycles. The molecule has 1 rings (SSSR count). The van der Waals surface area contributed by atoms with Crippen LogP contribution in [0.25, 0.3) is 0 Å². The molecule has 0 atom stereocenters. The maximum atomic E-state index is 11.8. The van der Waals surface area contributed by atoms with E-state index in [-0.39, 0.29) is 30.9 Å². The number of sulfone groups is 1. The third-order valence-electron chi connectivity index (χ3n) is 5.41. The number of carbonyl (C=O) groups excluding carboxylic acids is 1. The maximum Gasteiger partial charge on any atom is 0.329 e. The molecular weight excluding hydrogens is 658 g/mol. The minimum Gasteiger partial charge on any atom is -0.480 e. The second kappa shape index (κ2) is 30.2. The summed E-state index contributed by atoms with van der Waals surface area (Å²) in [6.07, 6.45) is 4.94. The van der Waals surface area contributed by atoms with Crippen LogP contribution in [0.2, 0.25) is 0 Å². The fourth-order valence-corrected chi connectivity index (χ4v) is 3.67. The second-order valence-electron chi connectivity index (χ2n) is 9.57. The summed E-state index contributed by atoms with van der Waals surface area (Å²) >= 11 is 0. The highest BCUT2D eigenvalue weighted by Gasteiger charge is 2.09. The number of ether oxygens (including phenoxy) is 9. The lowest BCUT2D eigenvalue weighted by Gasteiger charge is -2.09. The van der Waals surface area contributed by atoms with Crippen LogP contribution in [0.15, 0.2) is 17.6 Å². The number of aliphatic carboxylic acids is 1. The summed E-state index contributed by atoms with van der Waals surface area (Å²) in [5.41, 5.74) is 0.518. The van der Waals surface area contributed by atoms with Crippen molar-refractivity contribution >= 4 is 21.7 Å². The molecule has 0 unspecified atom stereocenters. The molecule has 0 saturated carbocycles. The van der Waals surface area contributed by atoms with Gasteiger partial charge in [-0.05, 0) is 6.42 Å². The zero-order chi connectivity index (χ0) is 35.0. The van der Waals surface area contributed by atoms with Crippen molar-refractivity contribution in [1.82, 2.24) is 15.3 Å². The van der Waals surface area contributed by atoms with Crippen LogP contribution in [-0.2, 0) is 62.1 Å². The molecule has 274 valence electrons. The average molecular weight is 708 g/mol. The number of rotatable bonds is 32. The fourth-order valence-electron chi connectivity index (χ4n) is 3.18. The Morgan fingerprint density at radius 2 is 1.08 bits per heavy atom. The van der Waals surface area contributed by atoms with Crippen molar-refractivity contribution in [1.29, 1.82) is 0 Å². The molecule has 0 spiro atoms. The van der Waals surface area contributed by atoms with Crippen LogP contribution in [0.4, 0.5) is 0 Å². The Kier molecular flexibility index (Phi) is 27.2. The number of carbonyl (C=O) groups is 2. The van der Waals surface area contributed by atoms with E-state index in [1.807, 2.05) is 0 Å². The number of hydrogen-bond donors (Lipinski definition) is 2. The molecule has 2 N–H and O–H groups in total. The van der Waals surface area contributed by atoms with E-state index in [9.17, 15) is 18.0 Å². The van der Waals surface area contributed by atoms with Gasteiger partial charge in [-0.3, -0.25) is 4.79 Å². The van der Waals surface area contributed by atoms with Gasteiger partial charge in [-0.25, -0.2) is 23.2 Å². The van der Waals surface area contributed by atoms with Gasteiger partial charge < -0.3 is 53.1 Å². The molecule has 17 nitrogen and oxygen atoms in total. The minimum absolute atomic E-state index is 0.0537. The summed E-state index contributed by atoms with van der Waals surface area (Å²) in [6.45, 7) is 6.43. The molecule has 0 fully saturated rings. The molecule has 0 aliphatic rings. The standard InChI is InChI=1S/C30H49N3O14S/c1-48(37,38)30-32-23-27(24-33-30)5-3-2-4-7-46-25-28(34)31-6-8-39-9-10-40-11-12-41-13-14-42-15-16-43-17-18-44-19-20-45-21-22-47-26-29(35)36/h23-24H,2,4,6-22,25-26H2,1H3,(H,31,34)(H,35,36). The van der Waals surface area contributed by atoms with E-state index in [1.165, 1.54) is 12.4 Å². The van der Waals surface area contributed by atoms with E-state index in [1.54, 1.807) is 0 Å². The van der Waals surface area contributed by atoms with E-state index in [0.717, 1.165) is 6.26 Å². The molecule has 1 aromatic rings. The monoisotopic (exact) mass is 707 g/mol. The Hall–Kier alpha value is -2.83. The number of nitrogens with one attached hydrogen (secondary N) is 1. The van der Waals surface area contributed by atoms with Gasteiger partial charge in [0.1, 0.15) is 13.2 Å². The zero-order valence-corrected chi connectivity index (χ0v) is 28.4. The number of carboxylic acid groups (broad SMARTS) is 1. The van der Waals surface area contributed by atoms with Gasteiger partial charge in [-0.15, -0.1) is 0 Å². The van der Waals surface area contributed by atoms with Crippen molar-refractivity contribution in [3.63, 3.8) is 0 Å². The summed E-state index contributed by atoms with van der Waals surface area (Å²) in [7, 11) is -3.44. The van der Waals surface area contributed by atoms with Crippen LogP contribution in [0.1, 0.15) is 18.4 Å². The summed E-state index contributed by atoms with van der Waals surface area (Å²) < 4.78 is 70.6. The van der Waals surface area contributed by atoms with Crippen LogP contribution in [0.3, 0.4) is 0 Å². The number of aromatic nitrogens is 2. The van der Waals surface area contributed by atoms with Gasteiger partial charge in [0, 0.05) is 38.2 Å². The van der Waals surface area contributed by atoms with Crippen LogP contribution >= 0.6 is 0 Å². The Labute approximate surface area is 282 Å². The molecule has 0 bridgehead atoms. The first-order valence-corrected chi connectivity index (χ1v) is 17.4. The average Bonchev–Trinajstić information content (AvgIpc) is 3.05. The van der Waals surface area contributed by atoms with Crippen molar-refractivity contribution in [3.8, 4) is 11.8 Å². The number of unbranched alkanes of at least 4 members (excludes halogenated alkanes) is 1. The van der Waals surface area contributed by atoms with Crippen molar-refractivity contribution < 1.29 is 65.7 Å². The molecule has 1 amide bonds. The van der Waals surface area contributed by atoms with Crippen LogP contribution in [0.5, 0.6) is 0 Å². The summed E-state index contributed by atoms with van der Waals surface area (Å²) in [5, 5.41) is 10.9. The lowest BCUT2D eigenvalue weighted by molar-refractivity contribution is -0.142. The molecule has 0 radical (unpaired) electrons. The van der Waals surface area contributed by atoms with Gasteiger partial charge in [0.25, 0.3) is 0 Å². The highest BCUT2D eigenvalue weighted by Crippen LogP contribution is 2.01. The molecular formula is C30H49N3O14S. The Bertz CT molecular complexity index is 1130. The zero-order valence-electron chi connectivity index (χ0n) is 27.6. The quantitative estimate of drug-likeness (QED) is 0.0542. The predicted molar refractivity (Wildman–Crippen MR) is 169 cm³/mol. The first-order valence-electron chi connectivity index (χ1n) is 15.5. The number of amides is 1. The van der Waals surface area contributed by atoms with Gasteiger partial charge in [-0.2, -0.15) is 0 Å². The largest absolute Gasteiger partial charge is 0.480 e. The lowest BCUT2D eigenvalue weighted by atomic mass is 10.3. The molecule has 0 aromatic carbocycles. The third kappa shape index (κ3) is 28.2. The highest BCUT2D eigenvalue weighted by atomic mass is 32.2. The number of hydrogen-bond acceptors (Lipinski definition) is 15. The Morgan fingerprint density at radius 3 is 1.52 bits per heavy atom. The van der Waals surface area contributed by atoms with Gasteiger partial charge in [-0.1, -0.05) is 11.8 Å². The van der Waals surface area contributed by atoms with E-state index in [0.29, 0.717) is 124 Å². The summed E-state index contributed by atoms with van der Waals surface area (Å²) in [5.74, 6) is 4.54. The van der Waals surface area contributed by atoms with E-state index >= 15 is 0 Å². The minimum atomic E-state index is -3.44. The fraction of sp³-hybridized carbons (Fsp3) is 0.733. The maximum absolute atomic E-state index is 11.8. The van der Waals surface area contributed by atoms with E-state index in [2.05, 4.69) is 27.1 Å². The van der Waals surface area contributed by atoms with E-state index in [4.69, 9.17) is 47.7 Å². The highest BCUT2D eigenvalue weighted by molar-refractivity contribution is 7.90. The van der Waals surface area contributed by atoms with Gasteiger partial charge in [0.2, 0.25) is 20.9 Å². The second-order valence-corrected chi connectivity index (χ2v) is 11.5. The third-order valence-corrected chi connectivity index (χ3v) is 6.29. The first kappa shape index (κ1) is 43.2. The molecule has 0 aliphatic heterocycles. The topological polar surface area (TPSA) is 209 Å². The van der Waals surface area contributed by atoms with Crippen LogP contribution in [0, 0.1) is 11.8 Å². The van der Waals surface area contributed by atoms with Crippen LogP contribution < -0.4 is 5.32 Å². The first-order chi connectivity index (χ1) is 23.3. The van der Waals surface area contributed by atoms with Crippen molar-refractivity contribution in [2.45, 2.75) is 18.0 Å². The summed E-state index contributed by atoms with van der Waals surface area (Å²) in [6, 6.07) is 0. The molecule has 1 aromatic heterocycles. The Morgan fingerprint density at radius 1 is 0.667 bits per heavy atom. The molecule has 48 heavy (non-hydrogen) atoms. The smallest absolute Gasteiger partial charge is 0.329 e. The summed E-state index contributed by atoms with van der Waals surface area (Å²) in [4.78, 5) is 29.6. The van der Waals surface area contributed by atoms with Gasteiger partial charge >= 0.3 is 5.97 Å². The predicted octanol–water partition coefficient (Wildman–Crippen LogP) is -0.638. The number of nitrogens with zero attached hydrogens (tertiary/aromatic N) is 2. The normalized spacial score (nSPS) is 11.3. The number of carboxylic acids is 1. The SMILES string of the molecule is CS(=O)(=O)c1ncc(C#CCCCOCC(=O)NCCOCCOCCOCCOCCOCCOCCOCCOCC(=O)O)cn1.